The third-order valence-corrected chi connectivity index (χ3v) is 4.49. The van der Waals surface area contributed by atoms with E-state index in [4.69, 9.17) is 4.74 Å². The number of rotatable bonds is 8. The van der Waals surface area contributed by atoms with E-state index in [0.717, 1.165) is 39.0 Å². The van der Waals surface area contributed by atoms with Crippen LogP contribution in [-0.4, -0.2) is 45.7 Å². The Morgan fingerprint density at radius 1 is 1.38 bits per heavy atom. The van der Waals surface area contributed by atoms with Gasteiger partial charge in [0.25, 0.3) is 0 Å². The van der Waals surface area contributed by atoms with E-state index >= 15 is 0 Å². The molecule has 0 aliphatic carbocycles. The Bertz CT molecular complexity index is 271. The van der Waals surface area contributed by atoms with Gasteiger partial charge < -0.3 is 10.1 Å². The maximum Gasteiger partial charge on any atom is 0.152 e. The van der Waals surface area contributed by atoms with Crippen LogP contribution >= 0.6 is 0 Å². The van der Waals surface area contributed by atoms with Gasteiger partial charge in [-0.2, -0.15) is 0 Å². The highest BCUT2D eigenvalue weighted by Gasteiger charge is 2.22. The van der Waals surface area contributed by atoms with Gasteiger partial charge in [0.2, 0.25) is 0 Å². The summed E-state index contributed by atoms with van der Waals surface area (Å²) >= 11 is 0. The first-order valence-electron chi connectivity index (χ1n) is 6.17. The third kappa shape index (κ3) is 5.82. The Kier molecular flexibility index (Phi) is 6.31. The second-order valence-corrected chi connectivity index (χ2v) is 6.58. The molecule has 1 rings (SSSR count). The number of hydrogen-bond acceptors (Lipinski definition) is 4. The first-order chi connectivity index (χ1) is 7.64. The van der Waals surface area contributed by atoms with Gasteiger partial charge in [-0.3, -0.25) is 0 Å². The van der Waals surface area contributed by atoms with Crippen LogP contribution in [-0.2, 0) is 14.6 Å². The van der Waals surface area contributed by atoms with Crippen molar-refractivity contribution >= 4 is 9.84 Å². The van der Waals surface area contributed by atoms with E-state index in [2.05, 4.69) is 12.2 Å². The molecule has 0 amide bonds. The average Bonchev–Trinajstić information content (AvgIpc) is 2.69. The lowest BCUT2D eigenvalue weighted by molar-refractivity contribution is 0.127. The van der Waals surface area contributed by atoms with E-state index in [9.17, 15) is 8.42 Å². The zero-order chi connectivity index (χ0) is 11.9. The summed E-state index contributed by atoms with van der Waals surface area (Å²) in [6.07, 6.45) is 3.64. The van der Waals surface area contributed by atoms with Crippen LogP contribution in [0.1, 0.15) is 32.6 Å². The third-order valence-electron chi connectivity index (χ3n) is 2.70. The molecule has 1 heterocycles. The first kappa shape index (κ1) is 13.9. The average molecular weight is 249 g/mol. The standard InChI is InChI=1S/C11H23NO3S/c1-2-6-12-7-4-9-16(13,14)10-11-5-3-8-15-11/h11-12H,2-10H2,1H3. The fourth-order valence-corrected chi connectivity index (χ4v) is 3.44. The van der Waals surface area contributed by atoms with Gasteiger partial charge in [0.05, 0.1) is 17.6 Å². The van der Waals surface area contributed by atoms with Crippen LogP contribution in [0.2, 0.25) is 0 Å². The molecular weight excluding hydrogens is 226 g/mol. The maximum atomic E-state index is 11.7. The van der Waals surface area contributed by atoms with Crippen LogP contribution in [0.5, 0.6) is 0 Å². The monoisotopic (exact) mass is 249 g/mol. The summed E-state index contributed by atoms with van der Waals surface area (Å²) in [6, 6.07) is 0. The fourth-order valence-electron chi connectivity index (χ4n) is 1.86. The van der Waals surface area contributed by atoms with Gasteiger partial charge in [-0.1, -0.05) is 6.92 Å². The van der Waals surface area contributed by atoms with E-state index in [-0.39, 0.29) is 17.6 Å². The summed E-state index contributed by atoms with van der Waals surface area (Å²) in [4.78, 5) is 0. The smallest absolute Gasteiger partial charge is 0.152 e. The van der Waals surface area contributed by atoms with E-state index < -0.39 is 9.84 Å². The predicted octanol–water partition coefficient (Wildman–Crippen LogP) is 0.970. The van der Waals surface area contributed by atoms with Crippen LogP contribution in [0.3, 0.4) is 0 Å². The predicted molar refractivity (Wildman–Crippen MR) is 65.4 cm³/mol. The molecule has 16 heavy (non-hydrogen) atoms. The van der Waals surface area contributed by atoms with Gasteiger partial charge in [-0.05, 0) is 38.8 Å². The second-order valence-electron chi connectivity index (χ2n) is 4.35. The minimum atomic E-state index is -2.92. The maximum absolute atomic E-state index is 11.7. The number of ether oxygens (including phenoxy) is 1. The zero-order valence-electron chi connectivity index (χ0n) is 10.1. The van der Waals surface area contributed by atoms with Crippen LogP contribution in [0.4, 0.5) is 0 Å². The van der Waals surface area contributed by atoms with Crippen molar-refractivity contribution < 1.29 is 13.2 Å². The Morgan fingerprint density at radius 2 is 2.19 bits per heavy atom. The highest BCUT2D eigenvalue weighted by Crippen LogP contribution is 2.14. The summed E-state index contributed by atoms with van der Waals surface area (Å²) in [5, 5.41) is 3.21. The van der Waals surface area contributed by atoms with Crippen molar-refractivity contribution in [3.63, 3.8) is 0 Å². The quantitative estimate of drug-likeness (QED) is 0.651. The molecule has 1 aliphatic rings. The fraction of sp³-hybridized carbons (Fsp3) is 1.00. The summed E-state index contributed by atoms with van der Waals surface area (Å²) < 4.78 is 28.8. The summed E-state index contributed by atoms with van der Waals surface area (Å²) in [5.41, 5.74) is 0. The Hall–Kier alpha value is -0.130. The second kappa shape index (κ2) is 7.25. The molecule has 96 valence electrons. The van der Waals surface area contributed by atoms with Gasteiger partial charge in [-0.25, -0.2) is 8.42 Å². The Balaban J connectivity index is 2.13. The summed E-state index contributed by atoms with van der Waals surface area (Å²) in [7, 11) is -2.92. The van der Waals surface area contributed by atoms with Gasteiger partial charge in [0, 0.05) is 6.61 Å². The van der Waals surface area contributed by atoms with Crippen molar-refractivity contribution in [1.82, 2.24) is 5.32 Å². The number of nitrogens with one attached hydrogen (secondary N) is 1. The van der Waals surface area contributed by atoms with Crippen LogP contribution in [0, 0.1) is 0 Å². The molecule has 0 bridgehead atoms. The zero-order valence-corrected chi connectivity index (χ0v) is 10.9. The molecule has 1 unspecified atom stereocenters. The lowest BCUT2D eigenvalue weighted by Gasteiger charge is -2.10. The highest BCUT2D eigenvalue weighted by molar-refractivity contribution is 7.91. The van der Waals surface area contributed by atoms with Gasteiger partial charge >= 0.3 is 0 Å². The molecule has 0 radical (unpaired) electrons. The SMILES string of the molecule is CCCNCCCS(=O)(=O)CC1CCCO1. The molecule has 0 spiro atoms. The van der Waals surface area contributed by atoms with Gasteiger partial charge in [0.15, 0.2) is 9.84 Å². The van der Waals surface area contributed by atoms with Crippen molar-refractivity contribution in [1.29, 1.82) is 0 Å². The van der Waals surface area contributed by atoms with E-state index in [1.54, 1.807) is 0 Å². The lowest BCUT2D eigenvalue weighted by Crippen LogP contribution is -2.25. The molecule has 0 saturated carbocycles. The van der Waals surface area contributed by atoms with Crippen LogP contribution in [0.25, 0.3) is 0 Å². The summed E-state index contributed by atoms with van der Waals surface area (Å²) in [5.74, 6) is 0.490. The normalized spacial score (nSPS) is 21.4. The number of hydrogen-bond donors (Lipinski definition) is 1. The Labute approximate surface area is 98.7 Å². The van der Waals surface area contributed by atoms with Gasteiger partial charge in [-0.15, -0.1) is 0 Å². The molecule has 0 aromatic carbocycles. The van der Waals surface area contributed by atoms with E-state index in [1.165, 1.54) is 0 Å². The molecule has 4 nitrogen and oxygen atoms in total. The molecule has 1 N–H and O–H groups in total. The molecule has 1 atom stereocenters. The van der Waals surface area contributed by atoms with Crippen LogP contribution in [0.15, 0.2) is 0 Å². The van der Waals surface area contributed by atoms with Crippen molar-refractivity contribution in [2.24, 2.45) is 0 Å². The minimum Gasteiger partial charge on any atom is -0.377 e. The molecule has 1 fully saturated rings. The molecular formula is C11H23NO3S. The first-order valence-corrected chi connectivity index (χ1v) is 7.99. The van der Waals surface area contributed by atoms with Gasteiger partial charge in [0.1, 0.15) is 0 Å². The van der Waals surface area contributed by atoms with Crippen molar-refractivity contribution in [3.8, 4) is 0 Å². The Morgan fingerprint density at radius 3 is 2.81 bits per heavy atom. The largest absolute Gasteiger partial charge is 0.377 e. The van der Waals surface area contributed by atoms with Crippen molar-refractivity contribution in [3.05, 3.63) is 0 Å². The minimum absolute atomic E-state index is 0.0476. The molecule has 0 aromatic rings. The van der Waals surface area contributed by atoms with E-state index in [1.807, 2.05) is 0 Å². The highest BCUT2D eigenvalue weighted by atomic mass is 32.2. The van der Waals surface area contributed by atoms with Crippen molar-refractivity contribution in [2.45, 2.75) is 38.7 Å². The number of sulfone groups is 1. The molecule has 1 saturated heterocycles. The van der Waals surface area contributed by atoms with Crippen LogP contribution < -0.4 is 5.32 Å². The molecule has 5 heteroatoms. The molecule has 1 aliphatic heterocycles. The topological polar surface area (TPSA) is 55.4 Å². The van der Waals surface area contributed by atoms with E-state index in [0.29, 0.717) is 6.42 Å². The summed E-state index contributed by atoms with van der Waals surface area (Å²) in [6.45, 7) is 4.57. The van der Waals surface area contributed by atoms with Crippen molar-refractivity contribution in [2.75, 3.05) is 31.2 Å². The lowest BCUT2D eigenvalue weighted by atomic mass is 10.3. The molecule has 0 aromatic heterocycles.